The summed E-state index contributed by atoms with van der Waals surface area (Å²) in [6.45, 7) is 9.52. The summed E-state index contributed by atoms with van der Waals surface area (Å²) in [6, 6.07) is 10.2. The van der Waals surface area contributed by atoms with Crippen LogP contribution in [0.3, 0.4) is 0 Å². The topological polar surface area (TPSA) is 61.4 Å². The average Bonchev–Trinajstić information content (AvgIpc) is 2.58. The van der Waals surface area contributed by atoms with Crippen molar-refractivity contribution in [2.75, 3.05) is 41.3 Å². The summed E-state index contributed by atoms with van der Waals surface area (Å²) >= 11 is 0. The van der Waals surface area contributed by atoms with E-state index >= 15 is 0 Å². The molecular formula is C18H23N5O. The lowest BCUT2D eigenvalue weighted by Crippen LogP contribution is -2.47. The van der Waals surface area contributed by atoms with Gasteiger partial charge in [0, 0.05) is 38.8 Å². The number of carbonyl (C=O) groups excluding carboxylic acids is 1. The number of hydrogen-bond acceptors (Lipinski definition) is 5. The number of nitrogens with one attached hydrogen (secondary N) is 1. The van der Waals surface area contributed by atoms with Crippen LogP contribution in [-0.4, -0.2) is 42.3 Å². The monoisotopic (exact) mass is 325 g/mol. The molecule has 6 nitrogen and oxygen atoms in total. The minimum atomic E-state index is -0.140. The van der Waals surface area contributed by atoms with E-state index in [0.29, 0.717) is 5.82 Å². The van der Waals surface area contributed by atoms with Gasteiger partial charge in [0.2, 0.25) is 5.91 Å². The fourth-order valence-corrected chi connectivity index (χ4v) is 3.00. The molecule has 2 aromatic rings. The third kappa shape index (κ3) is 3.48. The number of hydrogen-bond donors (Lipinski definition) is 1. The maximum absolute atomic E-state index is 11.0. The smallest absolute Gasteiger partial charge is 0.222 e. The van der Waals surface area contributed by atoms with Gasteiger partial charge in [-0.25, -0.2) is 0 Å². The van der Waals surface area contributed by atoms with Crippen LogP contribution in [0.1, 0.15) is 18.1 Å². The second-order valence-electron chi connectivity index (χ2n) is 6.15. The molecule has 3 rings (SSSR count). The van der Waals surface area contributed by atoms with Crippen LogP contribution in [0.15, 0.2) is 30.3 Å². The van der Waals surface area contributed by atoms with Crippen molar-refractivity contribution < 1.29 is 4.79 Å². The highest BCUT2D eigenvalue weighted by molar-refractivity contribution is 5.87. The molecule has 1 aliphatic rings. The Balaban J connectivity index is 1.64. The predicted molar refractivity (Wildman–Crippen MR) is 96.7 cm³/mol. The van der Waals surface area contributed by atoms with E-state index in [-0.39, 0.29) is 5.91 Å². The summed E-state index contributed by atoms with van der Waals surface area (Å²) in [5, 5.41) is 10.9. The normalized spacial score (nSPS) is 14.6. The van der Waals surface area contributed by atoms with Gasteiger partial charge in [-0.1, -0.05) is 12.1 Å². The van der Waals surface area contributed by atoms with E-state index in [2.05, 4.69) is 57.4 Å². The Labute approximate surface area is 142 Å². The highest BCUT2D eigenvalue weighted by Gasteiger charge is 2.20. The summed E-state index contributed by atoms with van der Waals surface area (Å²) in [7, 11) is 0. The number of carbonyl (C=O) groups is 1. The van der Waals surface area contributed by atoms with Crippen molar-refractivity contribution in [1.29, 1.82) is 0 Å². The first-order valence-corrected chi connectivity index (χ1v) is 8.22. The molecule has 2 heterocycles. The minimum Gasteiger partial charge on any atom is -0.368 e. The molecule has 1 fully saturated rings. The first-order valence-electron chi connectivity index (χ1n) is 8.22. The van der Waals surface area contributed by atoms with Crippen LogP contribution in [0.5, 0.6) is 0 Å². The third-order valence-corrected chi connectivity index (χ3v) is 4.47. The third-order valence-electron chi connectivity index (χ3n) is 4.47. The van der Waals surface area contributed by atoms with Crippen LogP contribution in [0.25, 0.3) is 0 Å². The first kappa shape index (κ1) is 16.2. The number of aromatic nitrogens is 2. The molecule has 0 aliphatic carbocycles. The van der Waals surface area contributed by atoms with Crippen molar-refractivity contribution in [3.05, 3.63) is 41.5 Å². The lowest BCUT2D eigenvalue weighted by molar-refractivity contribution is -0.114. The van der Waals surface area contributed by atoms with E-state index in [9.17, 15) is 4.79 Å². The highest BCUT2D eigenvalue weighted by Crippen LogP contribution is 2.24. The molecule has 0 atom stereocenters. The molecule has 1 aromatic heterocycles. The van der Waals surface area contributed by atoms with Gasteiger partial charge in [-0.15, -0.1) is 10.2 Å². The average molecular weight is 325 g/mol. The van der Waals surface area contributed by atoms with Crippen LogP contribution >= 0.6 is 0 Å². The van der Waals surface area contributed by atoms with Gasteiger partial charge in [0.05, 0.1) is 0 Å². The minimum absolute atomic E-state index is 0.140. The maximum atomic E-state index is 11.0. The SMILES string of the molecule is CC(=O)Nc1ccc(N2CCN(c3cccc(C)c3C)CC2)nn1. The lowest BCUT2D eigenvalue weighted by Gasteiger charge is -2.37. The molecule has 1 aromatic carbocycles. The Bertz CT molecular complexity index is 721. The van der Waals surface area contributed by atoms with Crippen molar-refractivity contribution >= 4 is 23.2 Å². The van der Waals surface area contributed by atoms with E-state index in [4.69, 9.17) is 0 Å². The summed E-state index contributed by atoms with van der Waals surface area (Å²) in [5.41, 5.74) is 4.00. The van der Waals surface area contributed by atoms with Crippen LogP contribution in [0.4, 0.5) is 17.3 Å². The summed E-state index contributed by atoms with van der Waals surface area (Å²) in [6.07, 6.45) is 0. The van der Waals surface area contributed by atoms with E-state index in [1.54, 1.807) is 6.07 Å². The van der Waals surface area contributed by atoms with Crippen molar-refractivity contribution in [2.45, 2.75) is 20.8 Å². The number of benzene rings is 1. The fourth-order valence-electron chi connectivity index (χ4n) is 3.00. The molecule has 0 saturated carbocycles. The number of rotatable bonds is 3. The predicted octanol–water partition coefficient (Wildman–Crippen LogP) is 2.38. The van der Waals surface area contributed by atoms with Gasteiger partial charge in [0.25, 0.3) is 0 Å². The Hall–Kier alpha value is -2.63. The molecule has 1 amide bonds. The van der Waals surface area contributed by atoms with Crippen LogP contribution in [0.2, 0.25) is 0 Å². The van der Waals surface area contributed by atoms with Crippen molar-refractivity contribution in [3.63, 3.8) is 0 Å². The molecule has 0 unspecified atom stereocenters. The molecule has 0 bridgehead atoms. The number of aryl methyl sites for hydroxylation is 1. The molecule has 0 spiro atoms. The summed E-state index contributed by atoms with van der Waals surface area (Å²) < 4.78 is 0. The second kappa shape index (κ2) is 6.86. The van der Waals surface area contributed by atoms with Gasteiger partial charge >= 0.3 is 0 Å². The number of anilines is 3. The highest BCUT2D eigenvalue weighted by atomic mass is 16.1. The van der Waals surface area contributed by atoms with Crippen molar-refractivity contribution in [3.8, 4) is 0 Å². The number of nitrogens with zero attached hydrogens (tertiary/aromatic N) is 4. The van der Waals surface area contributed by atoms with E-state index < -0.39 is 0 Å². The zero-order valence-electron chi connectivity index (χ0n) is 14.4. The van der Waals surface area contributed by atoms with Crippen LogP contribution in [0, 0.1) is 13.8 Å². The second-order valence-corrected chi connectivity index (χ2v) is 6.15. The van der Waals surface area contributed by atoms with E-state index in [1.165, 1.54) is 23.7 Å². The van der Waals surface area contributed by atoms with E-state index in [0.717, 1.165) is 32.0 Å². The van der Waals surface area contributed by atoms with Crippen molar-refractivity contribution in [1.82, 2.24) is 10.2 Å². The Morgan fingerprint density at radius 1 is 1.00 bits per heavy atom. The largest absolute Gasteiger partial charge is 0.368 e. The summed E-state index contributed by atoms with van der Waals surface area (Å²) in [5.74, 6) is 1.20. The lowest BCUT2D eigenvalue weighted by atomic mass is 10.1. The molecule has 24 heavy (non-hydrogen) atoms. The first-order chi connectivity index (χ1) is 11.5. The zero-order valence-corrected chi connectivity index (χ0v) is 14.4. The quantitative estimate of drug-likeness (QED) is 0.939. The summed E-state index contributed by atoms with van der Waals surface area (Å²) in [4.78, 5) is 15.7. The van der Waals surface area contributed by atoms with Gasteiger partial charge in [-0.2, -0.15) is 0 Å². The van der Waals surface area contributed by atoms with Gasteiger partial charge in [-0.3, -0.25) is 4.79 Å². The molecule has 1 N–H and O–H groups in total. The van der Waals surface area contributed by atoms with Crippen LogP contribution in [-0.2, 0) is 4.79 Å². The Kier molecular flexibility index (Phi) is 4.64. The van der Waals surface area contributed by atoms with Gasteiger partial charge < -0.3 is 15.1 Å². The Morgan fingerprint density at radius 3 is 2.33 bits per heavy atom. The van der Waals surface area contributed by atoms with Gasteiger partial charge in [0.15, 0.2) is 11.6 Å². The molecular weight excluding hydrogens is 302 g/mol. The molecule has 0 radical (unpaired) electrons. The van der Waals surface area contributed by atoms with E-state index in [1.807, 2.05) is 6.07 Å². The molecule has 1 aliphatic heterocycles. The van der Waals surface area contributed by atoms with Gasteiger partial charge in [-0.05, 0) is 43.2 Å². The fraction of sp³-hybridized carbons (Fsp3) is 0.389. The zero-order chi connectivity index (χ0) is 17.1. The number of piperazine rings is 1. The maximum Gasteiger partial charge on any atom is 0.222 e. The van der Waals surface area contributed by atoms with Gasteiger partial charge in [0.1, 0.15) is 0 Å². The molecule has 126 valence electrons. The Morgan fingerprint density at radius 2 is 1.71 bits per heavy atom. The number of amides is 1. The van der Waals surface area contributed by atoms with Crippen molar-refractivity contribution in [2.24, 2.45) is 0 Å². The standard InChI is InChI=1S/C18H23N5O/c1-13-5-4-6-16(14(13)2)22-9-11-23(12-10-22)18-8-7-17(20-21-18)19-15(3)24/h4-8H,9-12H2,1-3H3,(H,19,20,24). The van der Waals surface area contributed by atoms with Crippen LogP contribution < -0.4 is 15.1 Å². The molecule has 1 saturated heterocycles. The molecule has 6 heteroatoms.